The van der Waals surface area contributed by atoms with E-state index in [2.05, 4.69) is 56.5 Å². The lowest BCUT2D eigenvalue weighted by atomic mass is 10.1. The van der Waals surface area contributed by atoms with Gasteiger partial charge in [-0.2, -0.15) is 9.50 Å². The zero-order chi connectivity index (χ0) is 18.6. The molecule has 2 aromatic heterocycles. The molecule has 1 aliphatic heterocycles. The number of fused-ring (bicyclic) bond motifs is 1. The molecule has 0 spiro atoms. The molecule has 0 atom stereocenters. The quantitative estimate of drug-likeness (QED) is 0.701. The highest BCUT2D eigenvalue weighted by Crippen LogP contribution is 2.12. The van der Waals surface area contributed by atoms with Gasteiger partial charge in [-0.25, -0.2) is 4.98 Å². The summed E-state index contributed by atoms with van der Waals surface area (Å²) in [6, 6.07) is 10.1. The molecule has 0 aliphatic carbocycles. The maximum Gasteiger partial charge on any atom is 0.274 e. The zero-order valence-corrected chi connectivity index (χ0v) is 15.7. The van der Waals surface area contributed by atoms with Crippen LogP contribution in [0.5, 0.6) is 0 Å². The summed E-state index contributed by atoms with van der Waals surface area (Å²) in [5.74, 6) is 0.965. The van der Waals surface area contributed by atoms with E-state index < -0.39 is 0 Å². The number of aromatic amines is 1. The molecule has 0 radical (unpaired) electrons. The average molecular weight is 366 g/mol. The number of hydrogen-bond donors (Lipinski definition) is 2. The van der Waals surface area contributed by atoms with Crippen molar-refractivity contribution in [3.05, 3.63) is 57.5 Å². The Morgan fingerprint density at radius 1 is 1.07 bits per heavy atom. The third kappa shape index (κ3) is 4.19. The highest BCUT2D eigenvalue weighted by Gasteiger charge is 2.13. The minimum absolute atomic E-state index is 0.125. The number of aromatic nitrogens is 4. The lowest BCUT2D eigenvalue weighted by Crippen LogP contribution is -2.30. The second kappa shape index (κ2) is 7.92. The number of aryl methyl sites for hydroxylation is 1. The van der Waals surface area contributed by atoms with Crippen molar-refractivity contribution in [1.29, 1.82) is 0 Å². The van der Waals surface area contributed by atoms with E-state index in [-0.39, 0.29) is 5.56 Å². The predicted molar refractivity (Wildman–Crippen MR) is 106 cm³/mol. The first kappa shape index (κ1) is 17.7. The molecule has 7 nitrogen and oxygen atoms in total. The molecular weight excluding hydrogens is 340 g/mol. The molecule has 27 heavy (non-hydrogen) atoms. The number of nitrogens with zero attached hydrogens (tertiary/aromatic N) is 4. The van der Waals surface area contributed by atoms with Gasteiger partial charge in [-0.05, 0) is 43.5 Å². The van der Waals surface area contributed by atoms with Crippen molar-refractivity contribution in [3.8, 4) is 0 Å². The number of rotatable bonds is 6. The summed E-state index contributed by atoms with van der Waals surface area (Å²) < 4.78 is 1.39. The molecule has 3 heterocycles. The number of hydrogen-bond acceptors (Lipinski definition) is 5. The number of anilines is 1. The molecule has 3 aromatic rings. The van der Waals surface area contributed by atoms with Crippen LogP contribution in [0.1, 0.15) is 43.0 Å². The summed E-state index contributed by atoms with van der Waals surface area (Å²) in [6.45, 7) is 5.65. The van der Waals surface area contributed by atoms with Gasteiger partial charge < -0.3 is 5.32 Å². The third-order valence-electron chi connectivity index (χ3n) is 5.11. The first-order chi connectivity index (χ1) is 13.2. The molecule has 4 rings (SSSR count). The fourth-order valence-electron chi connectivity index (χ4n) is 3.51. The van der Waals surface area contributed by atoms with Gasteiger partial charge in [-0.15, -0.1) is 0 Å². The van der Waals surface area contributed by atoms with E-state index in [0.717, 1.165) is 25.2 Å². The van der Waals surface area contributed by atoms with Crippen LogP contribution < -0.4 is 10.9 Å². The van der Waals surface area contributed by atoms with Gasteiger partial charge in [0.15, 0.2) is 0 Å². The first-order valence-electron chi connectivity index (χ1n) is 9.74. The van der Waals surface area contributed by atoms with Crippen LogP contribution in [0.4, 0.5) is 5.95 Å². The topological polar surface area (TPSA) is 78.3 Å². The molecule has 7 heteroatoms. The monoisotopic (exact) mass is 366 g/mol. The molecule has 0 bridgehead atoms. The maximum absolute atomic E-state index is 12.4. The average Bonchev–Trinajstić information content (AvgIpc) is 3.11. The maximum atomic E-state index is 12.4. The van der Waals surface area contributed by atoms with Crippen molar-refractivity contribution < 1.29 is 0 Å². The molecule has 1 aromatic carbocycles. The van der Waals surface area contributed by atoms with E-state index >= 15 is 0 Å². The Morgan fingerprint density at radius 2 is 1.81 bits per heavy atom. The number of likely N-dealkylation sites (tertiary alicyclic amines) is 1. The van der Waals surface area contributed by atoms with Crippen molar-refractivity contribution in [3.63, 3.8) is 0 Å². The van der Waals surface area contributed by atoms with E-state index in [1.165, 1.54) is 34.9 Å². The fraction of sp³-hybridized carbons (Fsp3) is 0.450. The van der Waals surface area contributed by atoms with Crippen LogP contribution in [0, 0.1) is 0 Å². The summed E-state index contributed by atoms with van der Waals surface area (Å²) in [5.41, 5.74) is 3.15. The Morgan fingerprint density at radius 3 is 2.56 bits per heavy atom. The Bertz CT molecular complexity index is 953. The Labute approximate surface area is 158 Å². The lowest BCUT2D eigenvalue weighted by Gasteiger charge is -2.25. The third-order valence-corrected chi connectivity index (χ3v) is 5.11. The second-order valence-corrected chi connectivity index (χ2v) is 7.15. The largest absolute Gasteiger partial charge is 0.351 e. The summed E-state index contributed by atoms with van der Waals surface area (Å²) in [5, 5.41) is 6.23. The van der Waals surface area contributed by atoms with E-state index in [1.807, 2.05) is 0 Å². The van der Waals surface area contributed by atoms with Gasteiger partial charge in [0.2, 0.25) is 5.95 Å². The van der Waals surface area contributed by atoms with E-state index in [9.17, 15) is 4.79 Å². The minimum atomic E-state index is -0.125. The molecule has 2 N–H and O–H groups in total. The molecule has 0 saturated carbocycles. The van der Waals surface area contributed by atoms with Crippen molar-refractivity contribution in [2.45, 2.75) is 45.7 Å². The van der Waals surface area contributed by atoms with E-state index in [1.54, 1.807) is 6.07 Å². The minimum Gasteiger partial charge on any atom is -0.351 e. The highest BCUT2D eigenvalue weighted by molar-refractivity contribution is 5.38. The molecule has 1 saturated heterocycles. The zero-order valence-electron chi connectivity index (χ0n) is 15.7. The smallest absolute Gasteiger partial charge is 0.274 e. The van der Waals surface area contributed by atoms with Crippen LogP contribution in [0.25, 0.3) is 5.78 Å². The Balaban J connectivity index is 1.47. The predicted octanol–water partition coefficient (Wildman–Crippen LogP) is 2.58. The first-order valence-corrected chi connectivity index (χ1v) is 9.74. The van der Waals surface area contributed by atoms with Crippen LogP contribution in [-0.4, -0.2) is 37.6 Å². The second-order valence-electron chi connectivity index (χ2n) is 7.15. The number of benzene rings is 1. The molecule has 1 aliphatic rings. The van der Waals surface area contributed by atoms with Gasteiger partial charge in [0, 0.05) is 19.2 Å². The van der Waals surface area contributed by atoms with Crippen molar-refractivity contribution in [2.24, 2.45) is 0 Å². The van der Waals surface area contributed by atoms with Crippen molar-refractivity contribution >= 4 is 11.7 Å². The standard InChI is InChI=1S/C20H26N6O/c1-2-15-6-8-16(9-7-15)13-21-19-23-20-22-17(12-18(27)26(20)24-19)14-25-10-4-3-5-11-25/h6-9,12H,2-5,10-11,13-14H2,1H3,(H2,21,22,23,24). The van der Waals surface area contributed by atoms with Gasteiger partial charge in [-0.3, -0.25) is 14.8 Å². The Hall–Kier alpha value is -2.67. The van der Waals surface area contributed by atoms with Gasteiger partial charge in [0.25, 0.3) is 11.3 Å². The summed E-state index contributed by atoms with van der Waals surface area (Å²) in [4.78, 5) is 23.8. The Kier molecular flexibility index (Phi) is 5.20. The van der Waals surface area contributed by atoms with Crippen LogP contribution >= 0.6 is 0 Å². The summed E-state index contributed by atoms with van der Waals surface area (Å²) >= 11 is 0. The lowest BCUT2D eigenvalue weighted by molar-refractivity contribution is 0.218. The molecule has 0 amide bonds. The van der Waals surface area contributed by atoms with E-state index in [0.29, 0.717) is 24.8 Å². The molecule has 0 unspecified atom stereocenters. The number of piperidine rings is 1. The van der Waals surface area contributed by atoms with Crippen LogP contribution in [0.3, 0.4) is 0 Å². The number of H-pyrrole nitrogens is 1. The van der Waals surface area contributed by atoms with Gasteiger partial charge >= 0.3 is 0 Å². The summed E-state index contributed by atoms with van der Waals surface area (Å²) in [6.07, 6.45) is 4.76. The molecule has 142 valence electrons. The SMILES string of the molecule is CCc1ccc(CNc2nc3nc(CN4CCCCC4)cc(=O)n3[nH]2)cc1. The normalized spacial score (nSPS) is 15.3. The van der Waals surface area contributed by atoms with Gasteiger partial charge in [-0.1, -0.05) is 37.6 Å². The van der Waals surface area contributed by atoms with E-state index in [4.69, 9.17) is 0 Å². The summed E-state index contributed by atoms with van der Waals surface area (Å²) in [7, 11) is 0. The van der Waals surface area contributed by atoms with Gasteiger partial charge in [0.05, 0.1) is 5.69 Å². The highest BCUT2D eigenvalue weighted by atomic mass is 16.1. The van der Waals surface area contributed by atoms with Crippen LogP contribution in [-0.2, 0) is 19.5 Å². The van der Waals surface area contributed by atoms with Gasteiger partial charge in [0.1, 0.15) is 0 Å². The van der Waals surface area contributed by atoms with Crippen LogP contribution in [0.15, 0.2) is 35.1 Å². The molecular formula is C20H26N6O. The number of nitrogens with one attached hydrogen (secondary N) is 2. The fourth-order valence-corrected chi connectivity index (χ4v) is 3.51. The van der Waals surface area contributed by atoms with Crippen LogP contribution in [0.2, 0.25) is 0 Å². The molecule has 1 fully saturated rings. The van der Waals surface area contributed by atoms with Crippen molar-refractivity contribution in [1.82, 2.24) is 24.5 Å². The van der Waals surface area contributed by atoms with Crippen molar-refractivity contribution in [2.75, 3.05) is 18.4 Å².